The van der Waals surface area contributed by atoms with Crippen molar-refractivity contribution in [1.82, 2.24) is 15.0 Å². The van der Waals surface area contributed by atoms with E-state index in [1.54, 1.807) is 35.9 Å². The highest BCUT2D eigenvalue weighted by Gasteiger charge is 2.32. The molecule has 0 fully saturated rings. The second-order valence-corrected chi connectivity index (χ2v) is 15.2. The number of carbonyl (C=O) groups is 2. The number of likely N-dealkylation sites (N-methyl/N-ethyl adjacent to an activating group) is 1. The molecule has 2 heterocycles. The van der Waals surface area contributed by atoms with Gasteiger partial charge in [0.2, 0.25) is 0 Å². The van der Waals surface area contributed by atoms with Crippen molar-refractivity contribution in [3.8, 4) is 5.75 Å². The van der Waals surface area contributed by atoms with Crippen molar-refractivity contribution in [2.45, 2.75) is 77.0 Å². The number of aromatic nitrogens is 1. The predicted molar refractivity (Wildman–Crippen MR) is 199 cm³/mol. The third-order valence-corrected chi connectivity index (χ3v) is 11.0. The number of anilines is 2. The molecule has 0 spiro atoms. The summed E-state index contributed by atoms with van der Waals surface area (Å²) in [5.41, 5.74) is 1.20. The number of aliphatic hydroxyl groups excluding tert-OH is 1. The van der Waals surface area contributed by atoms with Crippen molar-refractivity contribution in [2.24, 2.45) is 5.92 Å². The van der Waals surface area contributed by atoms with E-state index in [1.165, 1.54) is 19.9 Å². The zero-order chi connectivity index (χ0) is 37.6. The fourth-order valence-corrected chi connectivity index (χ4v) is 7.79. The Labute approximate surface area is 305 Å². The Hall–Kier alpha value is -4.66. The molecule has 3 amide bonds. The first kappa shape index (κ1) is 38.6. The highest BCUT2D eigenvalue weighted by Crippen LogP contribution is 2.31. The van der Waals surface area contributed by atoms with Crippen LogP contribution in [0.25, 0.3) is 10.8 Å². The Morgan fingerprint density at radius 1 is 1.10 bits per heavy atom. The minimum atomic E-state index is -4.10. The largest absolute Gasteiger partial charge is 0.490 e. The van der Waals surface area contributed by atoms with Crippen molar-refractivity contribution in [3.05, 3.63) is 77.7 Å². The molecular formula is C38H49N5O8S. The first-order chi connectivity index (χ1) is 24.8. The number of carbonyl (C=O) groups excluding carboxylic acids is 2. The van der Waals surface area contributed by atoms with Crippen LogP contribution in [-0.2, 0) is 14.8 Å². The van der Waals surface area contributed by atoms with E-state index in [0.717, 1.165) is 23.6 Å². The van der Waals surface area contributed by atoms with Gasteiger partial charge in [-0.1, -0.05) is 48.5 Å². The summed E-state index contributed by atoms with van der Waals surface area (Å²) in [5.74, 6) is -0.290. The number of fused-ring (bicyclic) bond motifs is 2. The number of urea groups is 1. The van der Waals surface area contributed by atoms with Crippen LogP contribution in [0.1, 0.15) is 61.8 Å². The standard InChI is InChI=1S/C38H49N5O8S/c1-24-21-43(25(2)23-44)37(45)32-20-30(41-52(47,48)36-27(4)40-51-28(36)5)17-18-34(32)50-26(3)12-9-10-19-49-35(24)22-42(6)38(46)39-33-16-11-14-29-13-7-8-15-31(29)33/h7-8,11,13-18,20,24-26,35,41,44H,9-10,12,19,21-23H2,1-6H3,(H,39,46)/t24-,25+,26-,35-/m1/s1. The highest BCUT2D eigenvalue weighted by molar-refractivity contribution is 7.92. The average Bonchev–Trinajstić information content (AvgIpc) is 3.47. The van der Waals surface area contributed by atoms with Gasteiger partial charge in [0, 0.05) is 43.7 Å². The van der Waals surface area contributed by atoms with E-state index in [1.807, 2.05) is 56.3 Å². The molecule has 0 bridgehead atoms. The first-order valence-electron chi connectivity index (χ1n) is 17.6. The number of nitrogens with zero attached hydrogens (tertiary/aromatic N) is 3. The van der Waals surface area contributed by atoms with Crippen LogP contribution in [0.15, 0.2) is 70.1 Å². The van der Waals surface area contributed by atoms with Gasteiger partial charge in [-0.3, -0.25) is 9.52 Å². The molecule has 52 heavy (non-hydrogen) atoms. The number of hydrogen-bond donors (Lipinski definition) is 3. The summed E-state index contributed by atoms with van der Waals surface area (Å²) < 4.78 is 47.0. The van der Waals surface area contributed by atoms with Crippen molar-refractivity contribution in [3.63, 3.8) is 0 Å². The van der Waals surface area contributed by atoms with Gasteiger partial charge in [-0.2, -0.15) is 0 Å². The van der Waals surface area contributed by atoms with Crippen LogP contribution in [0.5, 0.6) is 5.75 Å². The Bertz CT molecular complexity index is 1960. The number of nitrogens with one attached hydrogen (secondary N) is 2. The molecule has 3 aromatic carbocycles. The van der Waals surface area contributed by atoms with E-state index >= 15 is 0 Å². The Morgan fingerprint density at radius 3 is 2.58 bits per heavy atom. The van der Waals surface area contributed by atoms with Crippen LogP contribution >= 0.6 is 0 Å². The van der Waals surface area contributed by atoms with Crippen molar-refractivity contribution in [2.75, 3.05) is 43.4 Å². The fraction of sp³-hybridized carbons (Fsp3) is 0.447. The van der Waals surface area contributed by atoms with Crippen molar-refractivity contribution in [1.29, 1.82) is 0 Å². The van der Waals surface area contributed by atoms with Crippen molar-refractivity contribution >= 4 is 44.1 Å². The smallest absolute Gasteiger partial charge is 0.321 e. The first-order valence-corrected chi connectivity index (χ1v) is 19.1. The van der Waals surface area contributed by atoms with Gasteiger partial charge in [-0.05, 0) is 76.6 Å². The normalized spacial score (nSPS) is 19.6. The van der Waals surface area contributed by atoms with Gasteiger partial charge in [0.15, 0.2) is 10.7 Å². The number of aliphatic hydroxyl groups is 1. The van der Waals surface area contributed by atoms with Gasteiger partial charge in [0.25, 0.3) is 15.9 Å². The number of benzene rings is 3. The monoisotopic (exact) mass is 735 g/mol. The van der Waals surface area contributed by atoms with Gasteiger partial charge in [0.05, 0.1) is 36.1 Å². The van der Waals surface area contributed by atoms with Gasteiger partial charge >= 0.3 is 6.03 Å². The molecule has 14 heteroatoms. The zero-order valence-corrected chi connectivity index (χ0v) is 31.4. The van der Waals surface area contributed by atoms with Crippen LogP contribution in [0.4, 0.5) is 16.2 Å². The lowest BCUT2D eigenvalue weighted by molar-refractivity contribution is -0.0115. The summed E-state index contributed by atoms with van der Waals surface area (Å²) in [6, 6.07) is 17.3. The lowest BCUT2D eigenvalue weighted by Gasteiger charge is -2.35. The molecule has 5 rings (SSSR count). The van der Waals surface area contributed by atoms with Crippen LogP contribution < -0.4 is 14.8 Å². The fourth-order valence-electron chi connectivity index (χ4n) is 6.41. The van der Waals surface area contributed by atoms with Crippen LogP contribution in [0.2, 0.25) is 0 Å². The Morgan fingerprint density at radius 2 is 1.85 bits per heavy atom. The summed E-state index contributed by atoms with van der Waals surface area (Å²) in [6.07, 6.45) is 1.52. The van der Waals surface area contributed by atoms with Gasteiger partial charge in [0.1, 0.15) is 11.4 Å². The number of hydrogen-bond acceptors (Lipinski definition) is 9. The second-order valence-electron chi connectivity index (χ2n) is 13.6. The van der Waals surface area contributed by atoms with E-state index in [0.29, 0.717) is 24.5 Å². The number of rotatable bonds is 8. The summed E-state index contributed by atoms with van der Waals surface area (Å²) in [7, 11) is -2.39. The summed E-state index contributed by atoms with van der Waals surface area (Å²) in [6.45, 7) is 9.21. The number of ether oxygens (including phenoxy) is 2. The molecule has 1 aromatic heterocycles. The topological polar surface area (TPSA) is 164 Å². The number of amides is 3. The van der Waals surface area contributed by atoms with E-state index in [2.05, 4.69) is 15.2 Å². The van der Waals surface area contributed by atoms with E-state index in [4.69, 9.17) is 14.0 Å². The third-order valence-electron chi connectivity index (χ3n) is 9.37. The summed E-state index contributed by atoms with van der Waals surface area (Å²) in [4.78, 5) is 31.0. The molecule has 0 saturated heterocycles. The minimum absolute atomic E-state index is 0.0741. The summed E-state index contributed by atoms with van der Waals surface area (Å²) >= 11 is 0. The number of aryl methyl sites for hydroxylation is 2. The molecule has 0 unspecified atom stereocenters. The van der Waals surface area contributed by atoms with E-state index in [9.17, 15) is 23.1 Å². The maximum absolute atomic E-state index is 14.5. The third kappa shape index (κ3) is 9.03. The van der Waals surface area contributed by atoms with Gasteiger partial charge in [-0.25, -0.2) is 13.2 Å². The second kappa shape index (κ2) is 16.8. The molecule has 0 radical (unpaired) electrons. The highest BCUT2D eigenvalue weighted by atomic mass is 32.2. The SMILES string of the molecule is Cc1noc(C)c1S(=O)(=O)Nc1ccc2c(c1)C(=O)N([C@@H](C)CO)C[C@@H](C)[C@@H](CN(C)C(=O)Nc1cccc3ccccc13)OCCCC[C@@H](C)O2. The quantitative estimate of drug-likeness (QED) is 0.191. The molecule has 280 valence electrons. The predicted octanol–water partition coefficient (Wildman–Crippen LogP) is 6.20. The lowest BCUT2D eigenvalue weighted by Crippen LogP contribution is -2.48. The van der Waals surface area contributed by atoms with E-state index in [-0.39, 0.29) is 65.3 Å². The van der Waals surface area contributed by atoms with Crippen LogP contribution in [0.3, 0.4) is 0 Å². The molecular weight excluding hydrogens is 687 g/mol. The van der Waals surface area contributed by atoms with Crippen molar-refractivity contribution < 1.29 is 37.1 Å². The van der Waals surface area contributed by atoms with Crippen LogP contribution in [-0.4, -0.2) is 92.0 Å². The number of sulfonamides is 1. The molecule has 3 N–H and O–H groups in total. The maximum atomic E-state index is 14.5. The lowest BCUT2D eigenvalue weighted by atomic mass is 10.0. The Balaban J connectivity index is 1.41. The molecule has 0 saturated carbocycles. The molecule has 1 aliphatic heterocycles. The van der Waals surface area contributed by atoms with Gasteiger partial charge in [-0.15, -0.1) is 0 Å². The molecule has 4 atom stereocenters. The maximum Gasteiger partial charge on any atom is 0.321 e. The average molecular weight is 736 g/mol. The van der Waals surface area contributed by atoms with Gasteiger partial charge < -0.3 is 34.2 Å². The zero-order valence-electron chi connectivity index (χ0n) is 30.6. The Kier molecular flexibility index (Phi) is 12.4. The molecule has 0 aliphatic carbocycles. The summed E-state index contributed by atoms with van der Waals surface area (Å²) in [5, 5.41) is 19.0. The van der Waals surface area contributed by atoms with E-state index < -0.39 is 28.1 Å². The van der Waals surface area contributed by atoms with Crippen LogP contribution in [0, 0.1) is 19.8 Å². The molecule has 13 nitrogen and oxygen atoms in total. The molecule has 1 aliphatic rings. The minimum Gasteiger partial charge on any atom is -0.490 e. The molecule has 4 aromatic rings.